The molecule has 0 unspecified atom stereocenters. The van der Waals surface area contributed by atoms with Gasteiger partial charge in [-0.15, -0.1) is 11.3 Å². The highest BCUT2D eigenvalue weighted by Gasteiger charge is 2.29. The maximum Gasteiger partial charge on any atom is 0.308 e. The van der Waals surface area contributed by atoms with Crippen LogP contribution in [-0.4, -0.2) is 37.2 Å². The van der Waals surface area contributed by atoms with Crippen LogP contribution in [-0.2, 0) is 16.1 Å². The average Bonchev–Trinajstić information content (AvgIpc) is 3.46. The molecule has 216 valence electrons. The smallest absolute Gasteiger partial charge is 0.308 e. The molecule has 1 fully saturated rings. The molecule has 2 N–H and O–H groups in total. The minimum absolute atomic E-state index is 0.0162. The fraction of sp³-hybridized carbons (Fsp3) is 0.406. The molecule has 2 heterocycles. The number of halogens is 1. The van der Waals surface area contributed by atoms with Crippen molar-refractivity contribution >= 4 is 45.6 Å². The summed E-state index contributed by atoms with van der Waals surface area (Å²) in [5, 5.41) is 10.8. The molecule has 1 aliphatic rings. The molecule has 2 aromatic carbocycles. The van der Waals surface area contributed by atoms with E-state index >= 15 is 0 Å². The largest absolute Gasteiger partial charge is 0.496 e. The van der Waals surface area contributed by atoms with Crippen LogP contribution in [0.25, 0.3) is 22.0 Å². The van der Waals surface area contributed by atoms with Gasteiger partial charge in [-0.2, -0.15) is 0 Å². The summed E-state index contributed by atoms with van der Waals surface area (Å²) in [6, 6.07) is 12.5. The van der Waals surface area contributed by atoms with Crippen LogP contribution in [0.15, 0.2) is 41.8 Å². The molecule has 0 radical (unpaired) electrons. The molecule has 0 saturated heterocycles. The predicted octanol–water partition coefficient (Wildman–Crippen LogP) is 7.67. The first-order valence-corrected chi connectivity index (χ1v) is 15.3. The summed E-state index contributed by atoms with van der Waals surface area (Å²) >= 11 is 8.36. The van der Waals surface area contributed by atoms with Gasteiger partial charge in [0.2, 0.25) is 0 Å². The zero-order valence-corrected chi connectivity index (χ0v) is 25.8. The van der Waals surface area contributed by atoms with Gasteiger partial charge in [0.15, 0.2) is 0 Å². The first-order valence-electron chi connectivity index (χ1n) is 14.0. The van der Waals surface area contributed by atoms with E-state index in [1.54, 1.807) is 18.4 Å². The number of esters is 1. The van der Waals surface area contributed by atoms with Crippen LogP contribution in [0.1, 0.15) is 66.4 Å². The molecule has 9 heteroatoms. The SMILES string of the molecule is CNCc1cccc(Cl)c1-c1csc([C@@H](C)Nc2nc(C)nc3cc(OC)c(C4CCC(C(=O)OC)CC4)cc23)c1. The lowest BCUT2D eigenvalue weighted by Crippen LogP contribution is -2.22. The molecule has 0 amide bonds. The zero-order valence-electron chi connectivity index (χ0n) is 24.2. The van der Waals surface area contributed by atoms with Gasteiger partial charge < -0.3 is 20.1 Å². The Bertz CT molecular complexity index is 1550. The first kappa shape index (κ1) is 29.3. The van der Waals surface area contributed by atoms with E-state index in [4.69, 9.17) is 31.0 Å². The number of aromatic nitrogens is 2. The summed E-state index contributed by atoms with van der Waals surface area (Å²) in [5.74, 6) is 2.49. The Balaban J connectivity index is 1.44. The first-order chi connectivity index (χ1) is 19.8. The maximum absolute atomic E-state index is 12.1. The number of hydrogen-bond donors (Lipinski definition) is 2. The van der Waals surface area contributed by atoms with Crippen molar-refractivity contribution in [2.75, 3.05) is 26.6 Å². The van der Waals surface area contributed by atoms with Crippen molar-refractivity contribution in [3.63, 3.8) is 0 Å². The van der Waals surface area contributed by atoms with Crippen LogP contribution in [0.2, 0.25) is 5.02 Å². The van der Waals surface area contributed by atoms with E-state index in [0.717, 1.165) is 76.4 Å². The number of carbonyl (C=O) groups is 1. The number of benzene rings is 2. The number of ether oxygens (including phenoxy) is 2. The predicted molar refractivity (Wildman–Crippen MR) is 167 cm³/mol. The van der Waals surface area contributed by atoms with E-state index in [9.17, 15) is 4.79 Å². The lowest BCUT2D eigenvalue weighted by atomic mass is 9.78. The third-order valence-electron chi connectivity index (χ3n) is 8.02. The zero-order chi connectivity index (χ0) is 29.1. The molecule has 2 aromatic heterocycles. The van der Waals surface area contributed by atoms with Crippen molar-refractivity contribution in [1.29, 1.82) is 0 Å². The molecular formula is C32H37ClN4O3S. The highest BCUT2D eigenvalue weighted by Crippen LogP contribution is 2.43. The summed E-state index contributed by atoms with van der Waals surface area (Å²) in [6.07, 6.45) is 3.44. The molecule has 1 saturated carbocycles. The van der Waals surface area contributed by atoms with E-state index in [0.29, 0.717) is 11.7 Å². The second-order valence-corrected chi connectivity index (χ2v) is 12.1. The minimum Gasteiger partial charge on any atom is -0.496 e. The minimum atomic E-state index is -0.109. The Kier molecular flexibility index (Phi) is 9.12. The Morgan fingerprint density at radius 2 is 1.93 bits per heavy atom. The molecule has 0 aliphatic heterocycles. The molecule has 0 spiro atoms. The number of rotatable bonds is 9. The van der Waals surface area contributed by atoms with Gasteiger partial charge in [0.25, 0.3) is 0 Å². The number of nitrogens with one attached hydrogen (secondary N) is 2. The van der Waals surface area contributed by atoms with Crippen molar-refractivity contribution in [2.45, 2.75) is 58.0 Å². The molecule has 7 nitrogen and oxygen atoms in total. The summed E-state index contributed by atoms with van der Waals surface area (Å²) in [7, 11) is 5.11. The monoisotopic (exact) mass is 592 g/mol. The van der Waals surface area contributed by atoms with Gasteiger partial charge in [0, 0.05) is 33.5 Å². The van der Waals surface area contributed by atoms with Crippen LogP contribution in [0.5, 0.6) is 5.75 Å². The van der Waals surface area contributed by atoms with Gasteiger partial charge in [0.1, 0.15) is 17.4 Å². The number of fused-ring (bicyclic) bond motifs is 1. The molecule has 41 heavy (non-hydrogen) atoms. The second-order valence-electron chi connectivity index (χ2n) is 10.7. The lowest BCUT2D eigenvalue weighted by Gasteiger charge is -2.28. The number of methoxy groups -OCH3 is 2. The van der Waals surface area contributed by atoms with Crippen molar-refractivity contribution in [3.05, 3.63) is 68.6 Å². The summed E-state index contributed by atoms with van der Waals surface area (Å²) < 4.78 is 10.8. The fourth-order valence-corrected chi connectivity index (χ4v) is 7.13. The van der Waals surface area contributed by atoms with Crippen LogP contribution in [0, 0.1) is 12.8 Å². The second kappa shape index (κ2) is 12.8. The van der Waals surface area contributed by atoms with Crippen molar-refractivity contribution in [3.8, 4) is 16.9 Å². The number of aryl methyl sites for hydroxylation is 1. The number of anilines is 1. The van der Waals surface area contributed by atoms with Gasteiger partial charge in [-0.25, -0.2) is 9.97 Å². The molecule has 1 atom stereocenters. The summed E-state index contributed by atoms with van der Waals surface area (Å²) in [5.41, 5.74) is 5.34. The van der Waals surface area contributed by atoms with Crippen molar-refractivity contribution in [2.24, 2.45) is 5.92 Å². The Hall–Kier alpha value is -3.20. The molecule has 5 rings (SSSR count). The molecule has 4 aromatic rings. The highest BCUT2D eigenvalue weighted by molar-refractivity contribution is 7.10. The number of carbonyl (C=O) groups excluding carboxylic acids is 1. The standard InChI is InChI=1S/C32H37ClN4O3S/c1-18(29-13-23(17-41-29)30-22(16-34-3)7-6-8-26(30)33)35-31-25-14-24(20-9-11-21(12-10-20)32(38)40-5)28(39-4)15-27(25)36-19(2)37-31/h6-8,13-15,17-18,20-21,34H,9-12,16H2,1-5H3,(H,35,36,37)/t18-,20?,21?/m1/s1. The topological polar surface area (TPSA) is 85.4 Å². The Morgan fingerprint density at radius 1 is 1.15 bits per heavy atom. The van der Waals surface area contributed by atoms with Gasteiger partial charge in [0.05, 0.1) is 31.7 Å². The average molecular weight is 593 g/mol. The summed E-state index contributed by atoms with van der Waals surface area (Å²) in [4.78, 5) is 22.8. The lowest BCUT2D eigenvalue weighted by molar-refractivity contribution is -0.146. The summed E-state index contributed by atoms with van der Waals surface area (Å²) in [6.45, 7) is 4.81. The van der Waals surface area contributed by atoms with Crippen molar-refractivity contribution < 1.29 is 14.3 Å². The van der Waals surface area contributed by atoms with Crippen molar-refractivity contribution in [1.82, 2.24) is 15.3 Å². The fourth-order valence-electron chi connectivity index (χ4n) is 5.92. The van der Waals surface area contributed by atoms with Crippen LogP contribution in [0.3, 0.4) is 0 Å². The van der Waals surface area contributed by atoms with Gasteiger partial charge in [-0.05, 0) is 92.8 Å². The van der Waals surface area contributed by atoms with E-state index in [-0.39, 0.29) is 17.9 Å². The van der Waals surface area contributed by atoms with E-state index in [1.165, 1.54) is 17.6 Å². The van der Waals surface area contributed by atoms with Crippen LogP contribution in [0.4, 0.5) is 5.82 Å². The Morgan fingerprint density at radius 3 is 2.63 bits per heavy atom. The quantitative estimate of drug-likeness (QED) is 0.193. The molecule has 1 aliphatic carbocycles. The van der Waals surface area contributed by atoms with Crippen LogP contribution < -0.4 is 15.4 Å². The Labute approximate surface area is 250 Å². The third kappa shape index (κ3) is 6.20. The van der Waals surface area contributed by atoms with E-state index in [2.05, 4.69) is 41.1 Å². The van der Waals surface area contributed by atoms with Crippen LogP contribution >= 0.6 is 22.9 Å². The normalized spacial score (nSPS) is 17.8. The molecule has 0 bridgehead atoms. The van der Waals surface area contributed by atoms with Gasteiger partial charge >= 0.3 is 5.97 Å². The van der Waals surface area contributed by atoms with Gasteiger partial charge in [-0.3, -0.25) is 4.79 Å². The van der Waals surface area contributed by atoms with Gasteiger partial charge in [-0.1, -0.05) is 23.7 Å². The third-order valence-corrected chi connectivity index (χ3v) is 9.45. The molecular weight excluding hydrogens is 556 g/mol. The number of hydrogen-bond acceptors (Lipinski definition) is 8. The van der Waals surface area contributed by atoms with E-state index < -0.39 is 0 Å². The maximum atomic E-state index is 12.1. The number of thiophene rings is 1. The highest BCUT2D eigenvalue weighted by atomic mass is 35.5. The number of nitrogens with zero attached hydrogens (tertiary/aromatic N) is 2. The van der Waals surface area contributed by atoms with E-state index in [1.807, 2.05) is 32.2 Å².